The van der Waals surface area contributed by atoms with Gasteiger partial charge in [-0.15, -0.1) is 0 Å². The first-order valence-corrected chi connectivity index (χ1v) is 11.1. The molecule has 0 spiro atoms. The van der Waals surface area contributed by atoms with Crippen LogP contribution >= 0.6 is 0 Å². The number of aryl methyl sites for hydroxylation is 1. The van der Waals surface area contributed by atoms with Crippen LogP contribution in [0.1, 0.15) is 32.1 Å². The van der Waals surface area contributed by atoms with Gasteiger partial charge < -0.3 is 9.84 Å². The van der Waals surface area contributed by atoms with Gasteiger partial charge in [-0.1, -0.05) is 38.1 Å². The molecule has 1 N–H and O–H groups in total. The normalized spacial score (nSPS) is 16.7. The number of anilines is 1. The summed E-state index contributed by atoms with van der Waals surface area (Å²) in [6.07, 6.45) is 0. The van der Waals surface area contributed by atoms with Crippen LogP contribution in [-0.2, 0) is 20.2 Å². The predicted octanol–water partition coefficient (Wildman–Crippen LogP) is 2.23. The molecule has 0 saturated carbocycles. The lowest BCUT2D eigenvalue weighted by atomic mass is 9.87. The molecule has 0 atom stereocenters. The number of piperazine rings is 1. The molecule has 3 rings (SSSR count). The molecule has 1 aromatic heterocycles. The maximum atomic E-state index is 12.9. The molecule has 8 nitrogen and oxygen atoms in total. The molecule has 0 aliphatic carbocycles. The molecule has 0 bridgehead atoms. The fraction of sp³-hybridized carbons (Fsp3) is 0.500. The first kappa shape index (κ1) is 21.5. The van der Waals surface area contributed by atoms with Crippen molar-refractivity contribution in [3.8, 4) is 0 Å². The van der Waals surface area contributed by atoms with Gasteiger partial charge in [-0.3, -0.25) is 9.69 Å². The summed E-state index contributed by atoms with van der Waals surface area (Å²) in [6.45, 7) is 9.88. The van der Waals surface area contributed by atoms with Crippen molar-refractivity contribution in [3.05, 3.63) is 41.7 Å². The number of amides is 1. The summed E-state index contributed by atoms with van der Waals surface area (Å²) in [5, 5.41) is 6.41. The number of rotatable bonds is 5. The average molecular weight is 421 g/mol. The maximum absolute atomic E-state index is 12.9. The molecule has 9 heteroatoms. The highest BCUT2D eigenvalue weighted by Crippen LogP contribution is 2.25. The van der Waals surface area contributed by atoms with E-state index in [9.17, 15) is 13.2 Å². The Morgan fingerprint density at radius 1 is 1.14 bits per heavy atom. The smallest absolute Gasteiger partial charge is 0.243 e. The molecule has 0 radical (unpaired) electrons. The van der Waals surface area contributed by atoms with E-state index in [0.29, 0.717) is 42.7 Å². The van der Waals surface area contributed by atoms with E-state index < -0.39 is 10.0 Å². The molecule has 1 fully saturated rings. The van der Waals surface area contributed by atoms with E-state index in [1.807, 2.05) is 17.0 Å². The molecule has 1 aliphatic rings. The lowest BCUT2D eigenvalue weighted by molar-refractivity contribution is -0.117. The average Bonchev–Trinajstić information content (AvgIpc) is 3.06. The van der Waals surface area contributed by atoms with Crippen molar-refractivity contribution >= 4 is 21.7 Å². The Hall–Kier alpha value is -2.23. The van der Waals surface area contributed by atoms with Crippen LogP contribution in [0.2, 0.25) is 0 Å². The number of hydrogen-bond donors (Lipinski definition) is 1. The summed E-state index contributed by atoms with van der Waals surface area (Å²) < 4.78 is 32.3. The predicted molar refractivity (Wildman–Crippen MR) is 110 cm³/mol. The highest BCUT2D eigenvalue weighted by molar-refractivity contribution is 7.89. The molecule has 1 amide bonds. The van der Waals surface area contributed by atoms with E-state index in [2.05, 4.69) is 31.2 Å². The van der Waals surface area contributed by atoms with Crippen molar-refractivity contribution < 1.29 is 17.7 Å². The van der Waals surface area contributed by atoms with Crippen LogP contribution in [0.3, 0.4) is 0 Å². The highest BCUT2D eigenvalue weighted by Gasteiger charge is 2.29. The minimum absolute atomic E-state index is 0.0286. The summed E-state index contributed by atoms with van der Waals surface area (Å²) >= 11 is 0. The molecule has 2 aromatic rings. The number of aromatic nitrogens is 1. The van der Waals surface area contributed by atoms with Crippen LogP contribution in [0.15, 0.2) is 39.8 Å². The Labute approximate surface area is 171 Å². The monoisotopic (exact) mass is 420 g/mol. The van der Waals surface area contributed by atoms with Gasteiger partial charge in [-0.05, 0) is 30.0 Å². The molecule has 1 aromatic carbocycles. The van der Waals surface area contributed by atoms with Crippen molar-refractivity contribution in [1.29, 1.82) is 0 Å². The zero-order valence-corrected chi connectivity index (χ0v) is 18.1. The number of carbonyl (C=O) groups excluding carboxylic acids is 1. The van der Waals surface area contributed by atoms with Gasteiger partial charge in [-0.2, -0.15) is 4.31 Å². The topological polar surface area (TPSA) is 95.8 Å². The van der Waals surface area contributed by atoms with Crippen molar-refractivity contribution in [3.63, 3.8) is 0 Å². The van der Waals surface area contributed by atoms with Crippen molar-refractivity contribution in [2.24, 2.45) is 0 Å². The minimum atomic E-state index is -3.54. The zero-order valence-electron chi connectivity index (χ0n) is 17.3. The molecule has 29 heavy (non-hydrogen) atoms. The number of nitrogens with zero attached hydrogens (tertiary/aromatic N) is 3. The van der Waals surface area contributed by atoms with E-state index in [1.165, 1.54) is 4.31 Å². The summed E-state index contributed by atoms with van der Waals surface area (Å²) in [6, 6.07) is 8.75. The lowest BCUT2D eigenvalue weighted by Gasteiger charge is -2.33. The van der Waals surface area contributed by atoms with Gasteiger partial charge in [-0.25, -0.2) is 8.42 Å². The van der Waals surface area contributed by atoms with Crippen LogP contribution < -0.4 is 5.32 Å². The molecular formula is C20H28N4O4S. The Balaban J connectivity index is 1.56. The van der Waals surface area contributed by atoms with E-state index in [1.54, 1.807) is 25.1 Å². The number of benzene rings is 1. The second-order valence-corrected chi connectivity index (χ2v) is 10.3. The third kappa shape index (κ3) is 5.23. The second kappa shape index (κ2) is 8.25. The fourth-order valence-corrected chi connectivity index (χ4v) is 4.64. The van der Waals surface area contributed by atoms with Gasteiger partial charge in [0.1, 0.15) is 5.76 Å². The van der Waals surface area contributed by atoms with E-state index >= 15 is 0 Å². The quantitative estimate of drug-likeness (QED) is 0.797. The zero-order chi connectivity index (χ0) is 21.2. The molecular weight excluding hydrogens is 392 g/mol. The van der Waals surface area contributed by atoms with Gasteiger partial charge in [0.25, 0.3) is 0 Å². The van der Waals surface area contributed by atoms with Crippen LogP contribution in [-0.4, -0.2) is 61.4 Å². The van der Waals surface area contributed by atoms with Gasteiger partial charge >= 0.3 is 0 Å². The SMILES string of the molecule is Cc1cc(NC(=O)CN2CCN(S(=O)(=O)c3ccc(C(C)(C)C)cc3)CC2)no1. The third-order valence-electron chi connectivity index (χ3n) is 4.95. The second-order valence-electron chi connectivity index (χ2n) is 8.33. The van der Waals surface area contributed by atoms with Gasteiger partial charge in [0.2, 0.25) is 15.9 Å². The third-order valence-corrected chi connectivity index (χ3v) is 6.86. The molecule has 1 saturated heterocycles. The van der Waals surface area contributed by atoms with Crippen LogP contribution in [0, 0.1) is 6.92 Å². The first-order valence-electron chi connectivity index (χ1n) is 9.62. The number of carbonyl (C=O) groups is 1. The number of nitrogens with one attached hydrogen (secondary N) is 1. The Morgan fingerprint density at radius 2 is 1.76 bits per heavy atom. The Bertz CT molecular complexity index is 953. The largest absolute Gasteiger partial charge is 0.360 e. The summed E-state index contributed by atoms with van der Waals surface area (Å²) in [5.74, 6) is 0.800. The standard InChI is InChI=1S/C20H28N4O4S/c1-15-13-18(22-28-15)21-19(25)14-23-9-11-24(12-10-23)29(26,27)17-7-5-16(6-8-17)20(2,3)4/h5-8,13H,9-12,14H2,1-4H3,(H,21,22,25). The summed E-state index contributed by atoms with van der Waals surface area (Å²) in [5.41, 5.74) is 1.06. The van der Waals surface area contributed by atoms with Gasteiger partial charge in [0, 0.05) is 32.2 Å². The number of sulfonamides is 1. The van der Waals surface area contributed by atoms with Gasteiger partial charge in [0.05, 0.1) is 11.4 Å². The van der Waals surface area contributed by atoms with Crippen molar-refractivity contribution in [2.45, 2.75) is 38.0 Å². The lowest BCUT2D eigenvalue weighted by Crippen LogP contribution is -2.50. The van der Waals surface area contributed by atoms with E-state index in [-0.39, 0.29) is 17.9 Å². The Morgan fingerprint density at radius 3 is 2.28 bits per heavy atom. The maximum Gasteiger partial charge on any atom is 0.243 e. The number of hydrogen-bond acceptors (Lipinski definition) is 6. The summed E-state index contributed by atoms with van der Waals surface area (Å²) in [7, 11) is -3.54. The molecule has 2 heterocycles. The van der Waals surface area contributed by atoms with Crippen LogP contribution in [0.4, 0.5) is 5.82 Å². The Kier molecular flexibility index (Phi) is 6.11. The fourth-order valence-electron chi connectivity index (χ4n) is 3.21. The van der Waals surface area contributed by atoms with E-state index in [4.69, 9.17) is 4.52 Å². The minimum Gasteiger partial charge on any atom is -0.360 e. The van der Waals surface area contributed by atoms with Crippen molar-refractivity contribution in [1.82, 2.24) is 14.4 Å². The van der Waals surface area contributed by atoms with Crippen LogP contribution in [0.5, 0.6) is 0 Å². The molecule has 0 unspecified atom stereocenters. The first-order chi connectivity index (χ1) is 13.6. The van der Waals surface area contributed by atoms with Gasteiger partial charge in [0.15, 0.2) is 5.82 Å². The van der Waals surface area contributed by atoms with Crippen molar-refractivity contribution in [2.75, 3.05) is 38.0 Å². The molecule has 1 aliphatic heterocycles. The summed E-state index contributed by atoms with van der Waals surface area (Å²) in [4.78, 5) is 14.4. The van der Waals surface area contributed by atoms with E-state index in [0.717, 1.165) is 5.56 Å². The van der Waals surface area contributed by atoms with Crippen LogP contribution in [0.25, 0.3) is 0 Å². The highest BCUT2D eigenvalue weighted by atomic mass is 32.2. The molecule has 158 valence electrons.